The van der Waals surface area contributed by atoms with Crippen LogP contribution in [0.25, 0.3) is 0 Å². The predicted molar refractivity (Wildman–Crippen MR) is 54.4 cm³/mol. The molecule has 0 saturated carbocycles. The van der Waals surface area contributed by atoms with E-state index in [4.69, 9.17) is 5.11 Å². The van der Waals surface area contributed by atoms with Crippen LogP contribution in [0.1, 0.15) is 23.4 Å². The summed E-state index contributed by atoms with van der Waals surface area (Å²) < 4.78 is 65.3. The lowest BCUT2D eigenvalue weighted by atomic mass is 10.1. The maximum Gasteiger partial charge on any atom is 0.573 e. The maximum atomic E-state index is 12.6. The van der Waals surface area contributed by atoms with E-state index < -0.39 is 36.4 Å². The second-order valence-corrected chi connectivity index (χ2v) is 3.68. The van der Waals surface area contributed by atoms with Crippen molar-refractivity contribution >= 4 is 15.9 Å². The molecule has 3 nitrogen and oxygen atoms in total. The molecular weight excluding hydrogens is 329 g/mol. The van der Waals surface area contributed by atoms with Crippen molar-refractivity contribution in [1.29, 1.82) is 0 Å². The molecule has 0 atom stereocenters. The summed E-state index contributed by atoms with van der Waals surface area (Å²) in [6, 6.07) is 0.774. The first-order chi connectivity index (χ1) is 8.28. The van der Waals surface area contributed by atoms with E-state index in [1.54, 1.807) is 0 Å². The number of ether oxygens (including phenoxy) is 1. The van der Waals surface area contributed by atoms with Crippen LogP contribution in [0.2, 0.25) is 0 Å². The lowest BCUT2D eigenvalue weighted by molar-refractivity contribution is -0.275. The van der Waals surface area contributed by atoms with Crippen LogP contribution in [-0.4, -0.2) is 16.5 Å². The summed E-state index contributed by atoms with van der Waals surface area (Å²) in [4.78, 5) is 3.37. The SMILES string of the molecule is OCc1cc(OC(F)(F)F)c(CBr)c(C(F)F)n1. The van der Waals surface area contributed by atoms with Crippen molar-refractivity contribution < 1.29 is 31.8 Å². The minimum atomic E-state index is -5.01. The molecule has 0 amide bonds. The van der Waals surface area contributed by atoms with E-state index in [1.165, 1.54) is 0 Å². The third-order valence-electron chi connectivity index (χ3n) is 1.90. The summed E-state index contributed by atoms with van der Waals surface area (Å²) >= 11 is 2.80. The molecule has 0 saturated heterocycles. The molecule has 0 bridgehead atoms. The van der Waals surface area contributed by atoms with Gasteiger partial charge in [-0.25, -0.2) is 13.8 Å². The largest absolute Gasteiger partial charge is 0.573 e. The summed E-state index contributed by atoms with van der Waals surface area (Å²) in [6.07, 6.45) is -8.08. The molecule has 9 heteroatoms. The number of alkyl halides is 6. The minimum absolute atomic E-state index is 0.281. The third-order valence-corrected chi connectivity index (χ3v) is 2.46. The van der Waals surface area contributed by atoms with E-state index >= 15 is 0 Å². The van der Waals surface area contributed by atoms with Gasteiger partial charge in [-0.3, -0.25) is 0 Å². The zero-order valence-corrected chi connectivity index (χ0v) is 10.2. The number of aromatic nitrogens is 1. The van der Waals surface area contributed by atoms with Crippen molar-refractivity contribution in [3.8, 4) is 5.75 Å². The normalized spacial score (nSPS) is 12.0. The first kappa shape index (κ1) is 15.1. The van der Waals surface area contributed by atoms with Crippen molar-refractivity contribution in [3.05, 3.63) is 23.0 Å². The van der Waals surface area contributed by atoms with Gasteiger partial charge in [0.1, 0.15) is 11.4 Å². The molecule has 102 valence electrons. The molecule has 1 heterocycles. The van der Waals surface area contributed by atoms with Gasteiger partial charge in [-0.2, -0.15) is 0 Å². The number of hydrogen-bond acceptors (Lipinski definition) is 3. The predicted octanol–water partition coefficient (Wildman–Crippen LogP) is 3.31. The number of pyridine rings is 1. The fourth-order valence-electron chi connectivity index (χ4n) is 1.23. The molecule has 18 heavy (non-hydrogen) atoms. The van der Waals surface area contributed by atoms with E-state index in [-0.39, 0.29) is 11.0 Å². The van der Waals surface area contributed by atoms with Gasteiger partial charge in [-0.1, -0.05) is 15.9 Å². The van der Waals surface area contributed by atoms with Gasteiger partial charge in [0, 0.05) is 17.0 Å². The van der Waals surface area contributed by atoms with E-state index in [0.29, 0.717) is 0 Å². The smallest absolute Gasteiger partial charge is 0.405 e. The molecule has 1 N–H and O–H groups in total. The topological polar surface area (TPSA) is 42.4 Å². The average molecular weight is 336 g/mol. The summed E-state index contributed by atoms with van der Waals surface area (Å²) in [6.45, 7) is -0.767. The standard InChI is InChI=1S/C9H7BrF5NO2/c10-2-5-6(18-9(13,14)15)1-4(3-17)16-7(5)8(11)12/h1,8,17H,2-3H2. The number of nitrogens with zero attached hydrogens (tertiary/aromatic N) is 1. The van der Waals surface area contributed by atoms with Gasteiger partial charge in [0.05, 0.1) is 12.3 Å². The first-order valence-corrected chi connectivity index (χ1v) is 5.64. The van der Waals surface area contributed by atoms with Gasteiger partial charge in [0.2, 0.25) is 0 Å². The highest BCUT2D eigenvalue weighted by Gasteiger charge is 2.33. The van der Waals surface area contributed by atoms with E-state index in [1.807, 2.05) is 0 Å². The molecule has 0 unspecified atom stereocenters. The highest BCUT2D eigenvalue weighted by Crippen LogP contribution is 2.34. The zero-order chi connectivity index (χ0) is 13.9. The van der Waals surface area contributed by atoms with Crippen molar-refractivity contribution in [3.63, 3.8) is 0 Å². The first-order valence-electron chi connectivity index (χ1n) is 4.52. The van der Waals surface area contributed by atoms with Gasteiger partial charge >= 0.3 is 6.36 Å². The van der Waals surface area contributed by atoms with Gasteiger partial charge in [-0.05, 0) is 0 Å². The summed E-state index contributed by atoms with van der Waals surface area (Å²) in [5.41, 5.74) is -1.58. The Labute approximate surface area is 107 Å². The maximum absolute atomic E-state index is 12.6. The monoisotopic (exact) mass is 335 g/mol. The molecule has 0 fully saturated rings. The Morgan fingerprint density at radius 2 is 2.00 bits per heavy atom. The Bertz CT molecular complexity index is 424. The number of rotatable bonds is 4. The number of aliphatic hydroxyl groups excluding tert-OH is 1. The van der Waals surface area contributed by atoms with Crippen molar-refractivity contribution in [2.24, 2.45) is 0 Å². The van der Waals surface area contributed by atoms with Gasteiger partial charge in [0.25, 0.3) is 6.43 Å². The summed E-state index contributed by atoms with van der Waals surface area (Å²) in [5.74, 6) is -0.797. The molecule has 1 aromatic rings. The van der Waals surface area contributed by atoms with Crippen LogP contribution in [0.15, 0.2) is 6.07 Å². The van der Waals surface area contributed by atoms with Crippen LogP contribution in [0.4, 0.5) is 22.0 Å². The highest BCUT2D eigenvalue weighted by molar-refractivity contribution is 9.08. The molecule has 1 aromatic heterocycles. The third kappa shape index (κ3) is 3.77. The second kappa shape index (κ2) is 5.79. The Morgan fingerprint density at radius 3 is 2.39 bits per heavy atom. The second-order valence-electron chi connectivity index (χ2n) is 3.12. The van der Waals surface area contributed by atoms with E-state index in [0.717, 1.165) is 6.07 Å². The van der Waals surface area contributed by atoms with Crippen LogP contribution in [0.3, 0.4) is 0 Å². The van der Waals surface area contributed by atoms with Crippen LogP contribution >= 0.6 is 15.9 Å². The Kier molecular flexibility index (Phi) is 4.85. The van der Waals surface area contributed by atoms with Crippen molar-refractivity contribution in [2.45, 2.75) is 24.7 Å². The fourth-order valence-corrected chi connectivity index (χ4v) is 1.79. The molecule has 1 rings (SSSR count). The molecular formula is C9H7BrF5NO2. The van der Waals surface area contributed by atoms with E-state index in [2.05, 4.69) is 25.7 Å². The summed E-state index contributed by atoms with van der Waals surface area (Å²) in [5, 5.41) is 8.49. The number of hydrogen-bond donors (Lipinski definition) is 1. The van der Waals surface area contributed by atoms with Crippen LogP contribution in [0.5, 0.6) is 5.75 Å². The number of halogens is 6. The Morgan fingerprint density at radius 1 is 1.39 bits per heavy atom. The summed E-state index contributed by atoms with van der Waals surface area (Å²) in [7, 11) is 0. The molecule has 0 aliphatic carbocycles. The zero-order valence-electron chi connectivity index (χ0n) is 8.64. The van der Waals surface area contributed by atoms with Crippen LogP contribution in [0, 0.1) is 0 Å². The molecule has 0 aliphatic heterocycles. The quantitative estimate of drug-likeness (QED) is 0.678. The minimum Gasteiger partial charge on any atom is -0.405 e. The number of aliphatic hydroxyl groups is 1. The van der Waals surface area contributed by atoms with Gasteiger partial charge in [-0.15, -0.1) is 13.2 Å². The molecule has 0 radical (unpaired) electrons. The lowest BCUT2D eigenvalue weighted by Gasteiger charge is -2.15. The Balaban J connectivity index is 3.33. The Hall–Kier alpha value is -0.960. The van der Waals surface area contributed by atoms with Crippen LogP contribution < -0.4 is 4.74 Å². The van der Waals surface area contributed by atoms with E-state index in [9.17, 15) is 22.0 Å². The van der Waals surface area contributed by atoms with Crippen molar-refractivity contribution in [1.82, 2.24) is 4.98 Å². The van der Waals surface area contributed by atoms with Gasteiger partial charge < -0.3 is 9.84 Å². The highest BCUT2D eigenvalue weighted by atomic mass is 79.9. The fraction of sp³-hybridized carbons (Fsp3) is 0.444. The van der Waals surface area contributed by atoms with Crippen molar-refractivity contribution in [2.75, 3.05) is 0 Å². The van der Waals surface area contributed by atoms with Gasteiger partial charge in [0.15, 0.2) is 0 Å². The van der Waals surface area contributed by atoms with Crippen LogP contribution in [-0.2, 0) is 11.9 Å². The lowest BCUT2D eigenvalue weighted by Crippen LogP contribution is -2.19. The molecule has 0 spiro atoms. The molecule has 0 aromatic carbocycles. The average Bonchev–Trinajstić information content (AvgIpc) is 2.25. The molecule has 0 aliphatic rings.